The lowest BCUT2D eigenvalue weighted by Gasteiger charge is -2.56. The number of amidine groups is 1. The van der Waals surface area contributed by atoms with E-state index in [1.807, 2.05) is 43.9 Å². The number of fused-ring (bicyclic) bond motifs is 1. The Hall–Kier alpha value is -3.79. The first kappa shape index (κ1) is 28.7. The zero-order valence-electron chi connectivity index (χ0n) is 24.3. The van der Waals surface area contributed by atoms with Crippen molar-refractivity contribution in [1.82, 2.24) is 14.7 Å². The summed E-state index contributed by atoms with van der Waals surface area (Å²) in [5, 5.41) is 13.5. The van der Waals surface area contributed by atoms with Gasteiger partial charge in [-0.25, -0.2) is 0 Å². The lowest BCUT2D eigenvalue weighted by Crippen LogP contribution is -2.74. The SMILES string of the molecule is CCC[C@@H](N=C([O-])N1C(=O)C(CC)(CC)[C@@H]1Oc1ccc(C(=O)N2CCN(C)CC2)cc1)c1ccc2c(c1)OCO2. The molecule has 0 spiro atoms. The quantitative estimate of drug-likeness (QED) is 0.261. The summed E-state index contributed by atoms with van der Waals surface area (Å²) in [4.78, 5) is 36.1. The fraction of sp³-hybridized carbons (Fsp3) is 0.516. The van der Waals surface area contributed by atoms with Crippen molar-refractivity contribution in [3.8, 4) is 17.2 Å². The number of nitrogens with zero attached hydrogens (tertiary/aromatic N) is 4. The van der Waals surface area contributed by atoms with E-state index in [2.05, 4.69) is 16.9 Å². The first-order valence-electron chi connectivity index (χ1n) is 14.5. The number of hydrogen-bond acceptors (Lipinski definition) is 8. The van der Waals surface area contributed by atoms with Gasteiger partial charge in [0.15, 0.2) is 17.7 Å². The van der Waals surface area contributed by atoms with Crippen LogP contribution in [0.4, 0.5) is 0 Å². The molecule has 3 aliphatic rings. The molecule has 0 N–H and O–H groups in total. The molecular weight excluding hydrogens is 524 g/mol. The molecule has 220 valence electrons. The van der Waals surface area contributed by atoms with Crippen molar-refractivity contribution in [3.63, 3.8) is 0 Å². The number of β-lactam (4-membered cyclic amide) rings is 1. The van der Waals surface area contributed by atoms with Crippen molar-refractivity contribution in [1.29, 1.82) is 0 Å². The molecule has 41 heavy (non-hydrogen) atoms. The topological polar surface area (TPSA) is 107 Å². The molecule has 3 aliphatic heterocycles. The van der Waals surface area contributed by atoms with Crippen molar-refractivity contribution < 1.29 is 28.9 Å². The Balaban J connectivity index is 1.35. The fourth-order valence-electron chi connectivity index (χ4n) is 5.78. The second-order valence-electron chi connectivity index (χ2n) is 11.0. The Labute approximate surface area is 241 Å². The molecule has 5 rings (SSSR count). The first-order valence-corrected chi connectivity index (χ1v) is 14.5. The van der Waals surface area contributed by atoms with E-state index in [0.29, 0.717) is 55.2 Å². The standard InChI is InChI=1S/C31H40N4O6/c1-5-8-24(22-11-14-25-26(19-22)40-20-39-25)32-30(38)35-28(37)31(6-2,7-3)29(35)41-23-12-9-21(10-13-23)27(36)34-17-15-33(4)16-18-34/h9-14,19,24,29H,5-8,15-18,20H2,1-4H3,(H,32,38)/p-1/t24-,29+/m1/s1. The highest BCUT2D eigenvalue weighted by Crippen LogP contribution is 2.46. The van der Waals surface area contributed by atoms with Crippen molar-refractivity contribution in [3.05, 3.63) is 53.6 Å². The third kappa shape index (κ3) is 5.45. The number of hydrogen-bond donors (Lipinski definition) is 0. The molecule has 0 bridgehead atoms. The highest BCUT2D eigenvalue weighted by molar-refractivity contribution is 6.02. The molecule has 0 saturated carbocycles. The molecule has 0 radical (unpaired) electrons. The molecule has 0 aliphatic carbocycles. The van der Waals surface area contributed by atoms with Crippen molar-refractivity contribution in [2.75, 3.05) is 40.0 Å². The van der Waals surface area contributed by atoms with Crippen LogP contribution in [0.15, 0.2) is 47.5 Å². The zero-order valence-corrected chi connectivity index (χ0v) is 24.3. The molecule has 2 amide bonds. The number of likely N-dealkylation sites (tertiary alicyclic amines) is 1. The Morgan fingerprint density at radius 1 is 1.05 bits per heavy atom. The summed E-state index contributed by atoms with van der Waals surface area (Å²) in [6.45, 7) is 9.14. The van der Waals surface area contributed by atoms with Gasteiger partial charge in [0.25, 0.3) is 5.91 Å². The summed E-state index contributed by atoms with van der Waals surface area (Å²) in [7, 11) is 2.05. The predicted molar refractivity (Wildman–Crippen MR) is 152 cm³/mol. The van der Waals surface area contributed by atoms with E-state index in [1.54, 1.807) is 24.3 Å². The maximum absolute atomic E-state index is 13.5. The van der Waals surface area contributed by atoms with E-state index < -0.39 is 23.7 Å². The van der Waals surface area contributed by atoms with Gasteiger partial charge in [-0.3, -0.25) is 19.5 Å². The number of amides is 2. The molecule has 10 nitrogen and oxygen atoms in total. The summed E-state index contributed by atoms with van der Waals surface area (Å²) in [6, 6.07) is 11.4. The van der Waals surface area contributed by atoms with Gasteiger partial charge in [0.05, 0.1) is 12.1 Å². The van der Waals surface area contributed by atoms with Crippen molar-refractivity contribution >= 4 is 17.8 Å². The number of carbonyl (C=O) groups is 2. The van der Waals surface area contributed by atoms with E-state index in [1.165, 1.54) is 0 Å². The van der Waals surface area contributed by atoms with Crippen LogP contribution >= 0.6 is 0 Å². The number of likely N-dealkylation sites (N-methyl/N-ethyl adjacent to an activating group) is 1. The minimum Gasteiger partial charge on any atom is -0.846 e. The minimum absolute atomic E-state index is 0.0129. The van der Waals surface area contributed by atoms with Gasteiger partial charge in [-0.1, -0.05) is 33.3 Å². The number of rotatable bonds is 9. The molecule has 2 atom stereocenters. The van der Waals surface area contributed by atoms with Gasteiger partial charge in [0.1, 0.15) is 11.2 Å². The largest absolute Gasteiger partial charge is 0.846 e. The van der Waals surface area contributed by atoms with Crippen LogP contribution in [0.25, 0.3) is 0 Å². The summed E-state index contributed by atoms with van der Waals surface area (Å²) in [5.41, 5.74) is 0.587. The molecule has 2 fully saturated rings. The van der Waals surface area contributed by atoms with E-state index in [0.717, 1.165) is 30.0 Å². The summed E-state index contributed by atoms with van der Waals surface area (Å²) in [5.74, 6) is 1.49. The van der Waals surface area contributed by atoms with Crippen LogP contribution in [-0.4, -0.2) is 78.8 Å². The normalized spacial score (nSPS) is 21.0. The first-order chi connectivity index (χ1) is 19.8. The van der Waals surface area contributed by atoms with Gasteiger partial charge in [-0.05, 0) is 68.3 Å². The maximum Gasteiger partial charge on any atom is 0.253 e. The monoisotopic (exact) mass is 563 g/mol. The van der Waals surface area contributed by atoms with Crippen molar-refractivity contribution in [2.24, 2.45) is 10.4 Å². The van der Waals surface area contributed by atoms with Gasteiger partial charge < -0.3 is 29.1 Å². The second kappa shape index (κ2) is 12.0. The summed E-state index contributed by atoms with van der Waals surface area (Å²) in [6.07, 6.45) is 1.69. The second-order valence-corrected chi connectivity index (χ2v) is 11.0. The zero-order chi connectivity index (χ0) is 29.1. The third-order valence-electron chi connectivity index (χ3n) is 8.57. The van der Waals surface area contributed by atoms with Gasteiger partial charge >= 0.3 is 0 Å². The maximum atomic E-state index is 13.5. The lowest BCUT2D eigenvalue weighted by molar-refractivity contribution is -0.261. The Bertz CT molecular complexity index is 1280. The average Bonchev–Trinajstić information content (AvgIpc) is 3.46. The molecular formula is C31H39N4O6-. The Kier molecular flexibility index (Phi) is 8.40. The molecule has 2 saturated heterocycles. The van der Waals surface area contributed by atoms with Crippen LogP contribution in [-0.2, 0) is 4.79 Å². The molecule has 2 aromatic rings. The number of carbonyl (C=O) groups excluding carboxylic acids is 2. The Morgan fingerprint density at radius 2 is 1.73 bits per heavy atom. The van der Waals surface area contributed by atoms with Crippen LogP contribution in [0.2, 0.25) is 0 Å². The number of benzene rings is 2. The number of piperazine rings is 1. The fourth-order valence-corrected chi connectivity index (χ4v) is 5.78. The third-order valence-corrected chi connectivity index (χ3v) is 8.57. The van der Waals surface area contributed by atoms with E-state index in [-0.39, 0.29) is 18.6 Å². The van der Waals surface area contributed by atoms with Gasteiger partial charge in [-0.2, -0.15) is 0 Å². The van der Waals surface area contributed by atoms with E-state index in [4.69, 9.17) is 14.2 Å². The van der Waals surface area contributed by atoms with Crippen molar-refractivity contribution in [2.45, 2.75) is 58.7 Å². The molecule has 3 heterocycles. The molecule has 10 heteroatoms. The van der Waals surface area contributed by atoms with Crippen LogP contribution in [0.3, 0.4) is 0 Å². The van der Waals surface area contributed by atoms with Crippen LogP contribution in [0.1, 0.15) is 68.4 Å². The average molecular weight is 564 g/mol. The van der Waals surface area contributed by atoms with E-state index in [9.17, 15) is 14.7 Å². The molecule has 2 aromatic carbocycles. The molecule has 0 unspecified atom stereocenters. The van der Waals surface area contributed by atoms with Gasteiger partial charge in [0.2, 0.25) is 12.7 Å². The van der Waals surface area contributed by atoms with Gasteiger partial charge in [0, 0.05) is 31.7 Å². The molecule has 0 aromatic heterocycles. The number of ether oxygens (including phenoxy) is 3. The van der Waals surface area contributed by atoms with Gasteiger partial charge in [-0.15, -0.1) is 0 Å². The summed E-state index contributed by atoms with van der Waals surface area (Å²) >= 11 is 0. The van der Waals surface area contributed by atoms with E-state index >= 15 is 0 Å². The van der Waals surface area contributed by atoms with Crippen LogP contribution in [0, 0.1) is 5.41 Å². The number of aliphatic imine (C=N–C) groups is 1. The van der Waals surface area contributed by atoms with Crippen LogP contribution < -0.4 is 19.3 Å². The smallest absolute Gasteiger partial charge is 0.253 e. The lowest BCUT2D eigenvalue weighted by atomic mass is 9.72. The Morgan fingerprint density at radius 3 is 2.39 bits per heavy atom. The summed E-state index contributed by atoms with van der Waals surface area (Å²) < 4.78 is 17.2. The van der Waals surface area contributed by atoms with Crippen LogP contribution in [0.5, 0.6) is 17.2 Å². The predicted octanol–water partition coefficient (Wildman–Crippen LogP) is 3.41. The minimum atomic E-state index is -0.821. The highest BCUT2D eigenvalue weighted by atomic mass is 16.7. The highest BCUT2D eigenvalue weighted by Gasteiger charge is 2.60.